The molecule has 0 spiro atoms. The zero-order valence-electron chi connectivity index (χ0n) is 13.6. The number of anilines is 2. The average Bonchev–Trinajstić information content (AvgIpc) is 2.69. The van der Waals surface area contributed by atoms with Crippen LogP contribution in [0.5, 0.6) is 5.75 Å². The number of hydrogen-bond donors (Lipinski definition) is 0. The fourth-order valence-corrected chi connectivity index (χ4v) is 2.31. The van der Waals surface area contributed by atoms with Gasteiger partial charge in [-0.25, -0.2) is 5.01 Å². The highest BCUT2D eigenvalue weighted by molar-refractivity contribution is 5.81. The molecular formula is C21H17N3O. The molecule has 0 saturated heterocycles. The number of benzene rings is 3. The minimum absolute atomic E-state index is 0.0449. The molecule has 0 atom stereocenters. The summed E-state index contributed by atoms with van der Waals surface area (Å²) in [7, 11) is 0. The van der Waals surface area contributed by atoms with Crippen molar-refractivity contribution in [1.82, 2.24) is 0 Å². The highest BCUT2D eigenvalue weighted by atomic mass is 16.5. The monoisotopic (exact) mass is 327 g/mol. The van der Waals surface area contributed by atoms with Crippen molar-refractivity contribution in [3.8, 4) is 11.8 Å². The summed E-state index contributed by atoms with van der Waals surface area (Å²) in [6.07, 6.45) is 1.80. The second-order valence-electron chi connectivity index (χ2n) is 5.24. The number of nitrogens with zero attached hydrogens (tertiary/aromatic N) is 3. The largest absolute Gasteiger partial charge is 0.479 e. The Morgan fingerprint density at radius 1 is 0.840 bits per heavy atom. The molecule has 3 rings (SSSR count). The Bertz CT molecular complexity index is 814. The van der Waals surface area contributed by atoms with Crippen LogP contribution in [0, 0.1) is 11.3 Å². The molecule has 0 aliphatic carbocycles. The van der Waals surface area contributed by atoms with E-state index in [1.165, 1.54) is 0 Å². The second-order valence-corrected chi connectivity index (χ2v) is 5.24. The molecule has 3 aromatic carbocycles. The molecule has 25 heavy (non-hydrogen) atoms. The Morgan fingerprint density at radius 2 is 1.40 bits per heavy atom. The fraction of sp³-hybridized carbons (Fsp3) is 0.0476. The lowest BCUT2D eigenvalue weighted by Gasteiger charge is -2.19. The van der Waals surface area contributed by atoms with Crippen molar-refractivity contribution in [1.29, 1.82) is 5.26 Å². The minimum Gasteiger partial charge on any atom is -0.479 e. The maximum Gasteiger partial charge on any atom is 0.174 e. The first-order valence-electron chi connectivity index (χ1n) is 7.91. The van der Waals surface area contributed by atoms with E-state index in [0.717, 1.165) is 16.9 Å². The molecule has 4 heteroatoms. The molecule has 0 aliphatic heterocycles. The van der Waals surface area contributed by atoms with Gasteiger partial charge in [0, 0.05) is 0 Å². The van der Waals surface area contributed by atoms with Gasteiger partial charge in [0.2, 0.25) is 0 Å². The average molecular weight is 327 g/mol. The van der Waals surface area contributed by atoms with Crippen LogP contribution in [0.2, 0.25) is 0 Å². The lowest BCUT2D eigenvalue weighted by Crippen LogP contribution is -2.09. The predicted molar refractivity (Wildman–Crippen MR) is 100 cm³/mol. The van der Waals surface area contributed by atoms with Gasteiger partial charge in [0.15, 0.2) is 6.61 Å². The van der Waals surface area contributed by atoms with Gasteiger partial charge in [0.1, 0.15) is 11.8 Å². The van der Waals surface area contributed by atoms with Crippen molar-refractivity contribution >= 4 is 17.6 Å². The number of rotatable bonds is 6. The summed E-state index contributed by atoms with van der Waals surface area (Å²) in [6, 6.07) is 29.4. The third-order valence-corrected chi connectivity index (χ3v) is 3.51. The molecule has 0 amide bonds. The molecule has 0 N–H and O–H groups in total. The number of hydrazone groups is 1. The molecule has 0 fully saturated rings. The molecule has 0 bridgehead atoms. The van der Waals surface area contributed by atoms with Gasteiger partial charge >= 0.3 is 0 Å². The van der Waals surface area contributed by atoms with E-state index < -0.39 is 0 Å². The van der Waals surface area contributed by atoms with Crippen molar-refractivity contribution in [2.75, 3.05) is 11.6 Å². The van der Waals surface area contributed by atoms with Gasteiger partial charge in [0.05, 0.1) is 17.6 Å². The van der Waals surface area contributed by atoms with E-state index in [1.54, 1.807) is 6.21 Å². The maximum atomic E-state index is 8.54. The van der Waals surface area contributed by atoms with E-state index in [-0.39, 0.29) is 6.61 Å². The van der Waals surface area contributed by atoms with Crippen molar-refractivity contribution in [3.05, 3.63) is 90.5 Å². The molecule has 3 aromatic rings. The number of nitriles is 1. The van der Waals surface area contributed by atoms with Crippen LogP contribution in [0.4, 0.5) is 11.4 Å². The van der Waals surface area contributed by atoms with Gasteiger partial charge < -0.3 is 4.74 Å². The Morgan fingerprint density at radius 3 is 1.92 bits per heavy atom. The third-order valence-electron chi connectivity index (χ3n) is 3.51. The Kier molecular flexibility index (Phi) is 5.42. The van der Waals surface area contributed by atoms with Crippen LogP contribution in [0.25, 0.3) is 0 Å². The van der Waals surface area contributed by atoms with Crippen molar-refractivity contribution in [3.63, 3.8) is 0 Å². The van der Waals surface area contributed by atoms with Gasteiger partial charge in [0.25, 0.3) is 0 Å². The normalized spacial score (nSPS) is 10.4. The molecule has 4 nitrogen and oxygen atoms in total. The molecule has 122 valence electrons. The van der Waals surface area contributed by atoms with E-state index >= 15 is 0 Å². The third kappa shape index (κ3) is 4.46. The number of para-hydroxylation sites is 2. The lowest BCUT2D eigenvalue weighted by molar-refractivity contribution is 0.368. The van der Waals surface area contributed by atoms with Gasteiger partial charge in [-0.2, -0.15) is 10.4 Å². The predicted octanol–water partition coefficient (Wildman–Crippen LogP) is 4.76. The van der Waals surface area contributed by atoms with Crippen molar-refractivity contribution in [2.24, 2.45) is 5.10 Å². The van der Waals surface area contributed by atoms with E-state index in [4.69, 9.17) is 10.00 Å². The zero-order chi connectivity index (χ0) is 17.3. The highest BCUT2D eigenvalue weighted by Gasteiger charge is 2.06. The van der Waals surface area contributed by atoms with E-state index in [0.29, 0.717) is 5.75 Å². The van der Waals surface area contributed by atoms with Crippen molar-refractivity contribution in [2.45, 2.75) is 0 Å². The fourth-order valence-electron chi connectivity index (χ4n) is 2.31. The SMILES string of the molecule is N#CCOc1ccc(/C=N\N(c2ccccc2)c2ccccc2)cc1. The summed E-state index contributed by atoms with van der Waals surface area (Å²) in [6.45, 7) is 0.0449. The van der Waals surface area contributed by atoms with Crippen LogP contribution in [0.15, 0.2) is 90.0 Å². The highest BCUT2D eigenvalue weighted by Crippen LogP contribution is 2.25. The van der Waals surface area contributed by atoms with Crippen LogP contribution in [-0.2, 0) is 0 Å². The minimum atomic E-state index is 0.0449. The standard InChI is InChI=1S/C21H17N3O/c22-15-16-25-21-13-11-18(12-14-21)17-23-24(19-7-3-1-4-8-19)20-9-5-2-6-10-20/h1-14,17H,16H2/b23-17-. The quantitative estimate of drug-likeness (QED) is 0.484. The summed E-state index contributed by atoms with van der Waals surface area (Å²) in [5, 5.41) is 15.1. The van der Waals surface area contributed by atoms with Gasteiger partial charge in [-0.15, -0.1) is 0 Å². The molecule has 0 saturated carbocycles. The van der Waals surface area contributed by atoms with Crippen LogP contribution in [-0.4, -0.2) is 12.8 Å². The molecule has 0 aromatic heterocycles. The molecule has 0 radical (unpaired) electrons. The molecule has 0 unspecified atom stereocenters. The van der Waals surface area contributed by atoms with Crippen LogP contribution < -0.4 is 9.75 Å². The first-order valence-corrected chi connectivity index (χ1v) is 7.91. The second kappa shape index (κ2) is 8.32. The molecule has 0 aliphatic rings. The van der Waals surface area contributed by atoms with E-state index in [9.17, 15) is 0 Å². The lowest BCUT2D eigenvalue weighted by atomic mass is 10.2. The maximum absolute atomic E-state index is 8.54. The van der Waals surface area contributed by atoms with Gasteiger partial charge in [-0.3, -0.25) is 0 Å². The molecule has 0 heterocycles. The Balaban J connectivity index is 1.83. The first kappa shape index (κ1) is 16.3. The van der Waals surface area contributed by atoms with Crippen LogP contribution >= 0.6 is 0 Å². The summed E-state index contributed by atoms with van der Waals surface area (Å²) in [5.41, 5.74) is 2.92. The van der Waals surface area contributed by atoms with E-state index in [1.807, 2.05) is 96.0 Å². The Hall–Kier alpha value is -3.58. The van der Waals surface area contributed by atoms with Gasteiger partial charge in [-0.05, 0) is 54.1 Å². The van der Waals surface area contributed by atoms with Crippen molar-refractivity contribution < 1.29 is 4.74 Å². The van der Waals surface area contributed by atoms with Crippen LogP contribution in [0.3, 0.4) is 0 Å². The zero-order valence-corrected chi connectivity index (χ0v) is 13.6. The van der Waals surface area contributed by atoms with Crippen LogP contribution in [0.1, 0.15) is 5.56 Å². The number of hydrogen-bond acceptors (Lipinski definition) is 4. The smallest absolute Gasteiger partial charge is 0.174 e. The summed E-state index contributed by atoms with van der Waals surface area (Å²) < 4.78 is 5.26. The first-order chi connectivity index (χ1) is 12.4. The summed E-state index contributed by atoms with van der Waals surface area (Å²) in [5.74, 6) is 0.668. The van der Waals surface area contributed by atoms with E-state index in [2.05, 4.69) is 5.10 Å². The summed E-state index contributed by atoms with van der Waals surface area (Å²) in [4.78, 5) is 0. The molecular weight excluding hydrogens is 310 g/mol. The van der Waals surface area contributed by atoms with Gasteiger partial charge in [-0.1, -0.05) is 36.4 Å². The Labute approximate surface area is 147 Å². The topological polar surface area (TPSA) is 48.6 Å². The number of ether oxygens (including phenoxy) is 1. The summed E-state index contributed by atoms with van der Waals surface area (Å²) >= 11 is 0.